The van der Waals surface area contributed by atoms with Gasteiger partial charge in [-0.05, 0) is 38.4 Å². The van der Waals surface area contributed by atoms with Crippen LogP contribution in [0.25, 0.3) is 0 Å². The molecule has 5 heteroatoms. The van der Waals surface area contributed by atoms with Crippen LogP contribution in [0.4, 0.5) is 0 Å². The molecule has 116 valence electrons. The molecule has 1 aliphatic rings. The van der Waals surface area contributed by atoms with E-state index in [0.29, 0.717) is 17.6 Å². The fraction of sp³-hybridized carbons (Fsp3) is 0.562. The van der Waals surface area contributed by atoms with Crippen LogP contribution in [-0.2, 0) is 4.79 Å². The number of rotatable bonds is 5. The summed E-state index contributed by atoms with van der Waals surface area (Å²) in [5, 5.41) is 7.02. The normalized spacial score (nSPS) is 18.4. The summed E-state index contributed by atoms with van der Waals surface area (Å²) in [5.74, 6) is 0.0605. The van der Waals surface area contributed by atoms with E-state index in [2.05, 4.69) is 15.5 Å². The van der Waals surface area contributed by atoms with E-state index in [1.807, 2.05) is 38.2 Å². The van der Waals surface area contributed by atoms with Crippen LogP contribution in [0, 0.1) is 0 Å². The van der Waals surface area contributed by atoms with Gasteiger partial charge in [0, 0.05) is 24.2 Å². The van der Waals surface area contributed by atoms with Gasteiger partial charge >= 0.3 is 0 Å². The molecule has 1 saturated heterocycles. The first-order valence-electron chi connectivity index (χ1n) is 7.53. The van der Waals surface area contributed by atoms with Gasteiger partial charge in [0.1, 0.15) is 0 Å². The van der Waals surface area contributed by atoms with Crippen molar-refractivity contribution in [1.29, 1.82) is 0 Å². The van der Waals surface area contributed by atoms with Crippen molar-refractivity contribution in [3.8, 4) is 0 Å². The third-order valence-electron chi connectivity index (χ3n) is 4.11. The van der Waals surface area contributed by atoms with Crippen molar-refractivity contribution in [2.45, 2.75) is 31.8 Å². The van der Waals surface area contributed by atoms with Crippen LogP contribution in [0.15, 0.2) is 24.3 Å². The van der Waals surface area contributed by atoms with E-state index in [9.17, 15) is 4.79 Å². The summed E-state index contributed by atoms with van der Waals surface area (Å²) in [6.45, 7) is 4.37. The molecule has 1 aromatic carbocycles. The number of halogens is 1. The molecule has 0 spiro atoms. The zero-order valence-corrected chi connectivity index (χ0v) is 13.5. The number of hydrogen-bond donors (Lipinski definition) is 2. The van der Waals surface area contributed by atoms with Gasteiger partial charge in [-0.15, -0.1) is 0 Å². The lowest BCUT2D eigenvalue weighted by molar-refractivity contribution is -0.123. The van der Waals surface area contributed by atoms with E-state index in [4.69, 9.17) is 11.6 Å². The Morgan fingerprint density at radius 1 is 1.38 bits per heavy atom. The second-order valence-corrected chi connectivity index (χ2v) is 6.06. The van der Waals surface area contributed by atoms with Crippen LogP contribution in [0.3, 0.4) is 0 Å². The maximum atomic E-state index is 12.1. The molecular formula is C16H24ClN3O. The number of nitrogens with one attached hydrogen (secondary N) is 2. The first-order chi connectivity index (χ1) is 10.1. The maximum absolute atomic E-state index is 12.1. The number of benzene rings is 1. The van der Waals surface area contributed by atoms with Gasteiger partial charge in [0.15, 0.2) is 0 Å². The van der Waals surface area contributed by atoms with Gasteiger partial charge in [0.25, 0.3) is 0 Å². The molecule has 0 aliphatic carbocycles. The molecule has 1 amide bonds. The minimum atomic E-state index is -0.0685. The fourth-order valence-electron chi connectivity index (χ4n) is 2.77. The highest BCUT2D eigenvalue weighted by Gasteiger charge is 2.20. The van der Waals surface area contributed by atoms with Crippen LogP contribution >= 0.6 is 11.6 Å². The van der Waals surface area contributed by atoms with Gasteiger partial charge in [-0.2, -0.15) is 0 Å². The number of hydrogen-bond acceptors (Lipinski definition) is 3. The number of piperidine rings is 1. The Morgan fingerprint density at radius 2 is 2.05 bits per heavy atom. The van der Waals surface area contributed by atoms with E-state index >= 15 is 0 Å². The molecule has 4 nitrogen and oxygen atoms in total. The molecule has 1 aliphatic heterocycles. The van der Waals surface area contributed by atoms with E-state index < -0.39 is 0 Å². The summed E-state index contributed by atoms with van der Waals surface area (Å²) in [4.78, 5) is 14.4. The molecular weight excluding hydrogens is 286 g/mol. The lowest BCUT2D eigenvalue weighted by Gasteiger charge is -2.31. The van der Waals surface area contributed by atoms with Crippen molar-refractivity contribution in [3.63, 3.8) is 0 Å². The SMILES string of the molecule is CNC1CCN(CC(=O)NC(C)c2ccccc2Cl)CC1. The Kier molecular flexibility index (Phi) is 6.03. The minimum absolute atomic E-state index is 0.0605. The molecule has 2 rings (SSSR count). The number of nitrogens with zero attached hydrogens (tertiary/aromatic N) is 1. The van der Waals surface area contributed by atoms with Crippen LogP contribution in [0.2, 0.25) is 5.02 Å². The van der Waals surface area contributed by atoms with Gasteiger partial charge in [0.05, 0.1) is 12.6 Å². The third-order valence-corrected chi connectivity index (χ3v) is 4.46. The zero-order chi connectivity index (χ0) is 15.2. The largest absolute Gasteiger partial charge is 0.348 e. The van der Waals surface area contributed by atoms with Crippen LogP contribution in [0.1, 0.15) is 31.4 Å². The molecule has 2 N–H and O–H groups in total. The molecule has 21 heavy (non-hydrogen) atoms. The summed E-state index contributed by atoms with van der Waals surface area (Å²) in [5.41, 5.74) is 0.960. The Balaban J connectivity index is 1.81. The summed E-state index contributed by atoms with van der Waals surface area (Å²) in [7, 11) is 2.00. The molecule has 1 aromatic rings. The first-order valence-corrected chi connectivity index (χ1v) is 7.91. The van der Waals surface area contributed by atoms with Gasteiger partial charge in [0.2, 0.25) is 5.91 Å². The fourth-order valence-corrected chi connectivity index (χ4v) is 3.07. The summed E-state index contributed by atoms with van der Waals surface area (Å²) >= 11 is 6.16. The number of carbonyl (C=O) groups excluding carboxylic acids is 1. The van der Waals surface area contributed by atoms with E-state index in [0.717, 1.165) is 31.5 Å². The number of likely N-dealkylation sites (tertiary alicyclic amines) is 1. The molecule has 0 radical (unpaired) electrons. The smallest absolute Gasteiger partial charge is 0.234 e. The number of amides is 1. The van der Waals surface area contributed by atoms with Crippen molar-refractivity contribution in [2.75, 3.05) is 26.7 Å². The average molecular weight is 310 g/mol. The topological polar surface area (TPSA) is 44.4 Å². The van der Waals surface area contributed by atoms with Gasteiger partial charge in [-0.3, -0.25) is 9.69 Å². The minimum Gasteiger partial charge on any atom is -0.348 e. The summed E-state index contributed by atoms with van der Waals surface area (Å²) in [6, 6.07) is 8.15. The quantitative estimate of drug-likeness (QED) is 0.876. The molecule has 1 atom stereocenters. The van der Waals surface area contributed by atoms with E-state index in [1.165, 1.54) is 0 Å². The lowest BCUT2D eigenvalue weighted by atomic mass is 10.1. The van der Waals surface area contributed by atoms with Crippen molar-refractivity contribution in [2.24, 2.45) is 0 Å². The van der Waals surface area contributed by atoms with Crippen LogP contribution in [0.5, 0.6) is 0 Å². The highest BCUT2D eigenvalue weighted by molar-refractivity contribution is 6.31. The standard InChI is InChI=1S/C16H24ClN3O/c1-12(14-5-3-4-6-15(14)17)19-16(21)11-20-9-7-13(18-2)8-10-20/h3-6,12-13,18H,7-11H2,1-2H3,(H,19,21). The average Bonchev–Trinajstić information content (AvgIpc) is 2.48. The van der Waals surface area contributed by atoms with Gasteiger partial charge < -0.3 is 10.6 Å². The predicted octanol–water partition coefficient (Wildman–Crippen LogP) is 2.20. The molecule has 1 heterocycles. The van der Waals surface area contributed by atoms with Gasteiger partial charge in [-0.25, -0.2) is 0 Å². The molecule has 1 unspecified atom stereocenters. The first kappa shape index (κ1) is 16.3. The van der Waals surface area contributed by atoms with Crippen molar-refractivity contribution >= 4 is 17.5 Å². The third kappa shape index (κ3) is 4.70. The Morgan fingerprint density at radius 3 is 2.67 bits per heavy atom. The predicted molar refractivity (Wildman–Crippen MR) is 86.5 cm³/mol. The number of carbonyl (C=O) groups is 1. The Bertz CT molecular complexity index is 472. The maximum Gasteiger partial charge on any atom is 0.234 e. The van der Waals surface area contributed by atoms with Crippen molar-refractivity contribution in [3.05, 3.63) is 34.9 Å². The molecule has 0 saturated carbocycles. The summed E-state index contributed by atoms with van der Waals surface area (Å²) in [6.07, 6.45) is 2.20. The summed E-state index contributed by atoms with van der Waals surface area (Å²) < 4.78 is 0. The lowest BCUT2D eigenvalue weighted by Crippen LogP contribution is -2.45. The van der Waals surface area contributed by atoms with Crippen molar-refractivity contribution in [1.82, 2.24) is 15.5 Å². The molecule has 0 bridgehead atoms. The van der Waals surface area contributed by atoms with Crippen molar-refractivity contribution < 1.29 is 4.79 Å². The second-order valence-electron chi connectivity index (χ2n) is 5.65. The monoisotopic (exact) mass is 309 g/mol. The van der Waals surface area contributed by atoms with Crippen LogP contribution < -0.4 is 10.6 Å². The van der Waals surface area contributed by atoms with E-state index in [-0.39, 0.29) is 11.9 Å². The molecule has 1 fully saturated rings. The Labute approximate surface area is 131 Å². The molecule has 0 aromatic heterocycles. The Hall–Kier alpha value is -1.10. The van der Waals surface area contributed by atoms with Gasteiger partial charge in [-0.1, -0.05) is 29.8 Å². The second kappa shape index (κ2) is 7.78. The zero-order valence-electron chi connectivity index (χ0n) is 12.7. The highest BCUT2D eigenvalue weighted by Crippen LogP contribution is 2.22. The highest BCUT2D eigenvalue weighted by atomic mass is 35.5. The van der Waals surface area contributed by atoms with E-state index in [1.54, 1.807) is 0 Å². The van der Waals surface area contributed by atoms with Crippen LogP contribution in [-0.4, -0.2) is 43.5 Å².